The summed E-state index contributed by atoms with van der Waals surface area (Å²) in [7, 11) is 3.50. The molecule has 0 aromatic heterocycles. The molecule has 1 rings (SSSR count). The third kappa shape index (κ3) is 4.76. The molecule has 0 radical (unpaired) electrons. The number of hydrogen-bond donors (Lipinski definition) is 0. The van der Waals surface area contributed by atoms with Gasteiger partial charge in [0.1, 0.15) is 0 Å². The lowest BCUT2D eigenvalue weighted by molar-refractivity contribution is -0.126. The van der Waals surface area contributed by atoms with Gasteiger partial charge in [-0.15, -0.1) is 0 Å². The van der Waals surface area contributed by atoms with E-state index in [9.17, 15) is 4.79 Å². The van der Waals surface area contributed by atoms with Crippen molar-refractivity contribution in [2.45, 2.75) is 25.8 Å². The van der Waals surface area contributed by atoms with E-state index in [1.807, 2.05) is 0 Å². The van der Waals surface area contributed by atoms with Crippen molar-refractivity contribution in [2.24, 2.45) is 0 Å². The van der Waals surface area contributed by atoms with Crippen molar-refractivity contribution in [1.82, 2.24) is 9.80 Å². The molecule has 0 saturated carbocycles. The van der Waals surface area contributed by atoms with E-state index in [0.29, 0.717) is 12.6 Å². The quantitative estimate of drug-likeness (QED) is 0.672. The van der Waals surface area contributed by atoms with Gasteiger partial charge in [-0.05, 0) is 19.4 Å². The first kappa shape index (κ1) is 14.0. The Kier molecular flexibility index (Phi) is 6.03. The zero-order chi connectivity index (χ0) is 12.7. The molecule has 1 saturated heterocycles. The number of rotatable bonds is 4. The van der Waals surface area contributed by atoms with Crippen LogP contribution in [-0.4, -0.2) is 62.1 Å². The Balaban J connectivity index is 2.30. The summed E-state index contributed by atoms with van der Waals surface area (Å²) < 4.78 is 5.19. The van der Waals surface area contributed by atoms with Crippen molar-refractivity contribution in [3.63, 3.8) is 0 Å². The maximum absolute atomic E-state index is 11.0. The lowest BCUT2D eigenvalue weighted by atomic mass is 10.2. The lowest BCUT2D eigenvalue weighted by Gasteiger charge is -2.21. The molecule has 1 unspecified atom stereocenters. The average molecular weight is 238 g/mol. The molecule has 17 heavy (non-hydrogen) atoms. The van der Waals surface area contributed by atoms with E-state index in [0.717, 1.165) is 19.7 Å². The molecule has 4 nitrogen and oxygen atoms in total. The fourth-order valence-electron chi connectivity index (χ4n) is 1.93. The predicted octanol–water partition coefficient (Wildman–Crippen LogP) is 0.579. The molecular weight excluding hydrogens is 216 g/mol. The molecule has 1 heterocycles. The third-order valence-electron chi connectivity index (χ3n) is 3.12. The van der Waals surface area contributed by atoms with Gasteiger partial charge in [-0.2, -0.15) is 0 Å². The second-order valence-electron chi connectivity index (χ2n) is 4.45. The first-order valence-electron chi connectivity index (χ1n) is 6.05. The number of methoxy groups -OCH3 is 1. The van der Waals surface area contributed by atoms with Gasteiger partial charge in [-0.25, -0.2) is 0 Å². The van der Waals surface area contributed by atoms with Crippen molar-refractivity contribution in [1.29, 1.82) is 0 Å². The van der Waals surface area contributed by atoms with Crippen LogP contribution in [0.1, 0.15) is 19.8 Å². The number of nitrogens with zero attached hydrogens (tertiary/aromatic N) is 2. The zero-order valence-corrected chi connectivity index (χ0v) is 11.0. The summed E-state index contributed by atoms with van der Waals surface area (Å²) in [5.41, 5.74) is 0. The Morgan fingerprint density at radius 2 is 2.29 bits per heavy atom. The van der Waals surface area contributed by atoms with Gasteiger partial charge in [0.15, 0.2) is 0 Å². The molecule has 4 heteroatoms. The number of ether oxygens (including phenoxy) is 1. The van der Waals surface area contributed by atoms with Crippen LogP contribution >= 0.6 is 0 Å². The molecular formula is C13H22N2O2. The molecule has 1 atom stereocenters. The van der Waals surface area contributed by atoms with E-state index in [-0.39, 0.29) is 5.91 Å². The predicted molar refractivity (Wildman–Crippen MR) is 67.6 cm³/mol. The number of likely N-dealkylation sites (tertiary alicyclic amines) is 1. The summed E-state index contributed by atoms with van der Waals surface area (Å²) >= 11 is 0. The Labute approximate surface area is 104 Å². The molecule has 1 aliphatic heterocycles. The van der Waals surface area contributed by atoms with Gasteiger partial charge in [0.05, 0.1) is 19.7 Å². The van der Waals surface area contributed by atoms with Gasteiger partial charge in [0, 0.05) is 27.1 Å². The molecule has 0 aliphatic carbocycles. The van der Waals surface area contributed by atoms with Gasteiger partial charge in [-0.1, -0.05) is 11.8 Å². The van der Waals surface area contributed by atoms with Crippen LogP contribution in [0.4, 0.5) is 0 Å². The van der Waals surface area contributed by atoms with Crippen LogP contribution in [0.5, 0.6) is 0 Å². The highest BCUT2D eigenvalue weighted by atomic mass is 16.5. The van der Waals surface area contributed by atoms with Crippen molar-refractivity contribution < 1.29 is 9.53 Å². The normalized spacial score (nSPS) is 19.8. The molecule has 0 N–H and O–H groups in total. The minimum absolute atomic E-state index is 0.0535. The summed E-state index contributed by atoms with van der Waals surface area (Å²) in [4.78, 5) is 14.9. The Hall–Kier alpha value is -1.05. The van der Waals surface area contributed by atoms with E-state index in [1.54, 1.807) is 26.0 Å². The largest absolute Gasteiger partial charge is 0.383 e. The lowest BCUT2D eigenvalue weighted by Crippen LogP contribution is -2.33. The first-order valence-corrected chi connectivity index (χ1v) is 6.05. The average Bonchev–Trinajstić information content (AvgIpc) is 2.72. The first-order chi connectivity index (χ1) is 8.15. The van der Waals surface area contributed by atoms with Crippen molar-refractivity contribution in [3.8, 4) is 11.8 Å². The standard InChI is InChI=1S/C13H22N2O2/c1-12(16)14(2)8-4-5-9-15-10-6-7-13(15)11-17-3/h13H,6-11H2,1-3H3. The molecule has 1 aliphatic rings. The summed E-state index contributed by atoms with van der Waals surface area (Å²) in [6.45, 7) is 4.73. The Morgan fingerprint density at radius 3 is 2.94 bits per heavy atom. The second-order valence-corrected chi connectivity index (χ2v) is 4.45. The topological polar surface area (TPSA) is 32.8 Å². The maximum Gasteiger partial charge on any atom is 0.219 e. The Bertz CT molecular complexity index is 306. The smallest absolute Gasteiger partial charge is 0.219 e. The summed E-state index contributed by atoms with van der Waals surface area (Å²) in [5.74, 6) is 6.21. The van der Waals surface area contributed by atoms with E-state index >= 15 is 0 Å². The van der Waals surface area contributed by atoms with Crippen LogP contribution in [0, 0.1) is 11.8 Å². The number of carbonyl (C=O) groups is 1. The van der Waals surface area contributed by atoms with Gasteiger partial charge in [0.25, 0.3) is 0 Å². The molecule has 0 spiro atoms. The van der Waals surface area contributed by atoms with Crippen LogP contribution in [-0.2, 0) is 9.53 Å². The van der Waals surface area contributed by atoms with Gasteiger partial charge >= 0.3 is 0 Å². The van der Waals surface area contributed by atoms with E-state index < -0.39 is 0 Å². The fraction of sp³-hybridized carbons (Fsp3) is 0.769. The molecule has 96 valence electrons. The monoisotopic (exact) mass is 238 g/mol. The van der Waals surface area contributed by atoms with E-state index in [1.165, 1.54) is 12.8 Å². The highest BCUT2D eigenvalue weighted by Gasteiger charge is 2.22. The van der Waals surface area contributed by atoms with Gasteiger partial charge in [-0.3, -0.25) is 9.69 Å². The zero-order valence-electron chi connectivity index (χ0n) is 11.0. The summed E-state index contributed by atoms with van der Waals surface area (Å²) in [5, 5.41) is 0. The van der Waals surface area contributed by atoms with Gasteiger partial charge in [0.2, 0.25) is 5.91 Å². The minimum atomic E-state index is 0.0535. The summed E-state index contributed by atoms with van der Waals surface area (Å²) in [6, 6.07) is 0.514. The van der Waals surface area contributed by atoms with Gasteiger partial charge < -0.3 is 9.64 Å². The van der Waals surface area contributed by atoms with Crippen LogP contribution in [0.2, 0.25) is 0 Å². The number of hydrogen-bond acceptors (Lipinski definition) is 3. The number of amides is 1. The third-order valence-corrected chi connectivity index (χ3v) is 3.12. The second kappa shape index (κ2) is 7.31. The molecule has 0 aromatic rings. The molecule has 1 fully saturated rings. The van der Waals surface area contributed by atoms with Crippen molar-refractivity contribution in [2.75, 3.05) is 40.4 Å². The molecule has 0 bridgehead atoms. The van der Waals surface area contributed by atoms with E-state index in [2.05, 4.69) is 16.7 Å². The fourth-order valence-corrected chi connectivity index (χ4v) is 1.93. The van der Waals surface area contributed by atoms with Crippen LogP contribution in [0.15, 0.2) is 0 Å². The highest BCUT2D eigenvalue weighted by Crippen LogP contribution is 2.16. The van der Waals surface area contributed by atoms with Crippen molar-refractivity contribution >= 4 is 5.91 Å². The van der Waals surface area contributed by atoms with Crippen molar-refractivity contribution in [3.05, 3.63) is 0 Å². The Morgan fingerprint density at radius 1 is 1.53 bits per heavy atom. The van der Waals surface area contributed by atoms with E-state index in [4.69, 9.17) is 4.74 Å². The molecule has 1 amide bonds. The van der Waals surface area contributed by atoms with Crippen LogP contribution in [0.3, 0.4) is 0 Å². The van der Waals surface area contributed by atoms with Crippen LogP contribution < -0.4 is 0 Å². The van der Waals surface area contributed by atoms with Crippen LogP contribution in [0.25, 0.3) is 0 Å². The SMILES string of the molecule is COCC1CCCN1CC#CCN(C)C(C)=O. The highest BCUT2D eigenvalue weighted by molar-refractivity contribution is 5.73. The maximum atomic E-state index is 11.0. The number of carbonyl (C=O) groups excluding carboxylic acids is 1. The molecule has 0 aromatic carbocycles. The summed E-state index contributed by atoms with van der Waals surface area (Å²) in [6.07, 6.45) is 2.42. The minimum Gasteiger partial charge on any atom is -0.383 e.